The summed E-state index contributed by atoms with van der Waals surface area (Å²) in [5.41, 5.74) is 1.07. The van der Waals surface area contributed by atoms with Gasteiger partial charge in [-0.05, 0) is 43.4 Å². The van der Waals surface area contributed by atoms with Crippen molar-refractivity contribution >= 4 is 40.8 Å². The first kappa shape index (κ1) is 23.1. The molecule has 0 unspecified atom stereocenters. The van der Waals surface area contributed by atoms with Crippen molar-refractivity contribution in [2.75, 3.05) is 16.3 Å². The predicted octanol–water partition coefficient (Wildman–Crippen LogP) is 3.17. The Hall–Kier alpha value is -4.34. The largest absolute Gasteiger partial charge is 0.426 e. The molecule has 2 aromatic carbocycles. The number of nitro groups is 1. The maximum atomic E-state index is 13.1. The van der Waals surface area contributed by atoms with Crippen molar-refractivity contribution in [3.63, 3.8) is 0 Å². The number of carbonyl (C=O) groups excluding carboxylic acids is 4. The van der Waals surface area contributed by atoms with Crippen LogP contribution >= 0.6 is 0 Å². The summed E-state index contributed by atoms with van der Waals surface area (Å²) in [6.07, 6.45) is 4.80. The van der Waals surface area contributed by atoms with E-state index < -0.39 is 16.8 Å². The first-order valence-electron chi connectivity index (χ1n) is 12.2. The molecule has 5 atom stereocenters. The van der Waals surface area contributed by atoms with E-state index in [0.717, 1.165) is 6.42 Å². The van der Waals surface area contributed by atoms with Crippen molar-refractivity contribution in [1.29, 1.82) is 0 Å². The number of amides is 3. The van der Waals surface area contributed by atoms with Gasteiger partial charge in [0.25, 0.3) is 5.69 Å². The van der Waals surface area contributed by atoms with Crippen LogP contribution in [0.1, 0.15) is 18.4 Å². The molecule has 2 aliphatic carbocycles. The van der Waals surface area contributed by atoms with Crippen LogP contribution in [0.25, 0.3) is 0 Å². The maximum Gasteiger partial charge on any atom is 0.316 e. The summed E-state index contributed by atoms with van der Waals surface area (Å²) < 4.78 is 5.54. The van der Waals surface area contributed by atoms with Crippen molar-refractivity contribution < 1.29 is 28.8 Å². The second-order valence-electron chi connectivity index (χ2n) is 10.1. The summed E-state index contributed by atoms with van der Waals surface area (Å²) in [6, 6.07) is 10.8. The minimum absolute atomic E-state index is 0.0276. The third kappa shape index (κ3) is 3.62. The molecule has 10 nitrogen and oxygen atoms in total. The topological polar surface area (TPSA) is 127 Å². The Bertz CT molecular complexity index is 1390. The Labute approximate surface area is 211 Å². The smallest absolute Gasteiger partial charge is 0.316 e. The van der Waals surface area contributed by atoms with Gasteiger partial charge in [-0.2, -0.15) is 0 Å². The Balaban J connectivity index is 1.16. The number of hydrogen-bond donors (Lipinski definition) is 0. The number of anilines is 2. The standard InChI is InChI=1S/C27H23N3O7/c1-14-5-8-18(12-21(14)30(35)36)28-13-17(10-22(28)31)27(34)37-20-4-2-3-19(11-20)29-25(32)23-15-6-7-16(9-15)24(23)26(29)33/h2-8,11-12,15-17,23-24H,9-10,13H2,1H3/t15-,16-,17-,23-,24+/m0/s1. The number of imide groups is 1. The van der Waals surface area contributed by atoms with Gasteiger partial charge in [0.15, 0.2) is 0 Å². The lowest BCUT2D eigenvalue weighted by atomic mass is 9.85. The van der Waals surface area contributed by atoms with Crippen molar-refractivity contribution in [2.45, 2.75) is 19.8 Å². The molecular formula is C27H23N3O7. The number of esters is 1. The molecule has 0 spiro atoms. The third-order valence-electron chi connectivity index (χ3n) is 7.92. The Kier molecular flexibility index (Phi) is 5.22. The minimum Gasteiger partial charge on any atom is -0.426 e. The number of rotatable bonds is 5. The summed E-state index contributed by atoms with van der Waals surface area (Å²) in [4.78, 5) is 65.1. The normalized spacial score (nSPS) is 27.8. The number of nitrogens with zero attached hydrogens (tertiary/aromatic N) is 3. The fraction of sp³-hybridized carbons (Fsp3) is 0.333. The highest BCUT2D eigenvalue weighted by molar-refractivity contribution is 6.22. The van der Waals surface area contributed by atoms with E-state index in [1.165, 1.54) is 21.9 Å². The monoisotopic (exact) mass is 501 g/mol. The van der Waals surface area contributed by atoms with Gasteiger partial charge in [0.1, 0.15) is 5.75 Å². The minimum atomic E-state index is -0.771. The highest BCUT2D eigenvalue weighted by Crippen LogP contribution is 2.53. The fourth-order valence-electron chi connectivity index (χ4n) is 6.12. The van der Waals surface area contributed by atoms with Crippen LogP contribution in [-0.2, 0) is 19.2 Å². The molecule has 3 fully saturated rings. The second-order valence-corrected chi connectivity index (χ2v) is 10.1. The van der Waals surface area contributed by atoms with E-state index in [4.69, 9.17) is 4.74 Å². The van der Waals surface area contributed by atoms with E-state index in [2.05, 4.69) is 0 Å². The molecule has 2 heterocycles. The predicted molar refractivity (Wildman–Crippen MR) is 131 cm³/mol. The Morgan fingerprint density at radius 3 is 2.38 bits per heavy atom. The van der Waals surface area contributed by atoms with Gasteiger partial charge in [-0.3, -0.25) is 29.3 Å². The lowest BCUT2D eigenvalue weighted by molar-refractivity contribution is -0.385. The van der Waals surface area contributed by atoms with Crippen molar-refractivity contribution in [3.05, 3.63) is 70.3 Å². The van der Waals surface area contributed by atoms with Crippen molar-refractivity contribution in [3.8, 4) is 5.75 Å². The van der Waals surface area contributed by atoms with E-state index in [9.17, 15) is 29.3 Å². The van der Waals surface area contributed by atoms with Crippen LogP contribution < -0.4 is 14.5 Å². The van der Waals surface area contributed by atoms with Gasteiger partial charge in [-0.1, -0.05) is 24.3 Å². The number of nitro benzene ring substituents is 1. The maximum absolute atomic E-state index is 13.1. The molecule has 0 N–H and O–H groups in total. The van der Waals surface area contributed by atoms with Crippen LogP contribution in [0.2, 0.25) is 0 Å². The highest BCUT2D eigenvalue weighted by atomic mass is 16.6. The summed E-state index contributed by atoms with van der Waals surface area (Å²) in [5, 5.41) is 11.3. The average molecular weight is 501 g/mol. The molecule has 2 aromatic rings. The number of carbonyl (C=O) groups is 4. The molecule has 10 heteroatoms. The summed E-state index contributed by atoms with van der Waals surface area (Å²) >= 11 is 0. The zero-order valence-electron chi connectivity index (χ0n) is 19.9. The van der Waals surface area contributed by atoms with Gasteiger partial charge in [-0.25, -0.2) is 4.90 Å². The summed E-state index contributed by atoms with van der Waals surface area (Å²) in [7, 11) is 0. The lowest BCUT2D eigenvalue weighted by Crippen LogP contribution is -2.32. The molecule has 2 aliphatic heterocycles. The zero-order valence-corrected chi connectivity index (χ0v) is 19.9. The number of fused-ring (bicyclic) bond motifs is 5. The molecule has 6 rings (SSSR count). The molecule has 2 bridgehead atoms. The van der Waals surface area contributed by atoms with Crippen LogP contribution in [0.4, 0.5) is 17.1 Å². The quantitative estimate of drug-likeness (QED) is 0.154. The molecular weight excluding hydrogens is 478 g/mol. The van der Waals surface area contributed by atoms with Gasteiger partial charge in [-0.15, -0.1) is 0 Å². The summed E-state index contributed by atoms with van der Waals surface area (Å²) in [5.74, 6) is -2.50. The van der Waals surface area contributed by atoms with Gasteiger partial charge >= 0.3 is 5.97 Å². The number of ether oxygens (including phenoxy) is 1. The number of allylic oxidation sites excluding steroid dienone is 2. The number of benzene rings is 2. The van der Waals surface area contributed by atoms with Crippen LogP contribution in [0, 0.1) is 46.6 Å². The van der Waals surface area contributed by atoms with Gasteiger partial charge in [0.2, 0.25) is 17.7 Å². The van der Waals surface area contributed by atoms with Crippen LogP contribution in [0.15, 0.2) is 54.6 Å². The average Bonchev–Trinajstić information content (AvgIpc) is 3.63. The first-order valence-corrected chi connectivity index (χ1v) is 12.2. The molecule has 0 aromatic heterocycles. The summed E-state index contributed by atoms with van der Waals surface area (Å²) in [6.45, 7) is 1.64. The molecule has 4 aliphatic rings. The van der Waals surface area contributed by atoms with Crippen molar-refractivity contribution in [2.24, 2.45) is 29.6 Å². The van der Waals surface area contributed by atoms with Gasteiger partial charge < -0.3 is 9.64 Å². The molecule has 3 amide bonds. The van der Waals surface area contributed by atoms with E-state index in [0.29, 0.717) is 16.9 Å². The van der Waals surface area contributed by atoms with Crippen LogP contribution in [-0.4, -0.2) is 35.2 Å². The molecule has 2 saturated heterocycles. The van der Waals surface area contributed by atoms with Gasteiger partial charge in [0.05, 0.1) is 34.1 Å². The highest BCUT2D eigenvalue weighted by Gasteiger charge is 2.59. The van der Waals surface area contributed by atoms with Crippen LogP contribution in [0.5, 0.6) is 5.75 Å². The SMILES string of the molecule is Cc1ccc(N2C[C@@H](C(=O)Oc3cccc(N4C(=O)[C@@H]5[C@H](C4=O)[C@H]4C=C[C@H]5C4)c3)CC2=O)cc1[N+](=O)[O-]. The van der Waals surface area contributed by atoms with Crippen molar-refractivity contribution in [1.82, 2.24) is 0 Å². The lowest BCUT2D eigenvalue weighted by Gasteiger charge is -2.18. The van der Waals surface area contributed by atoms with Crippen LogP contribution in [0.3, 0.4) is 0 Å². The number of aryl methyl sites for hydroxylation is 1. The van der Waals surface area contributed by atoms with E-state index in [1.807, 2.05) is 12.2 Å². The molecule has 37 heavy (non-hydrogen) atoms. The zero-order chi connectivity index (χ0) is 26.0. The van der Waals surface area contributed by atoms with E-state index in [1.54, 1.807) is 37.3 Å². The molecule has 1 saturated carbocycles. The molecule has 0 radical (unpaired) electrons. The Morgan fingerprint density at radius 1 is 1.00 bits per heavy atom. The van der Waals surface area contributed by atoms with Gasteiger partial charge in [0, 0.05) is 30.7 Å². The van der Waals surface area contributed by atoms with E-state index in [-0.39, 0.29) is 65.8 Å². The first-order chi connectivity index (χ1) is 17.7. The van der Waals surface area contributed by atoms with E-state index >= 15 is 0 Å². The third-order valence-corrected chi connectivity index (χ3v) is 7.92. The molecule has 188 valence electrons. The fourth-order valence-corrected chi connectivity index (χ4v) is 6.12. The number of hydrogen-bond acceptors (Lipinski definition) is 7. The Morgan fingerprint density at radius 2 is 1.70 bits per heavy atom. The second kappa shape index (κ2) is 8.36.